The Bertz CT molecular complexity index is 742. The summed E-state index contributed by atoms with van der Waals surface area (Å²) in [5.74, 6) is 0.112. The number of hydrogen-bond acceptors (Lipinski definition) is 4. The van der Waals surface area contributed by atoms with Crippen molar-refractivity contribution in [3.8, 4) is 0 Å². The van der Waals surface area contributed by atoms with E-state index >= 15 is 0 Å². The van der Waals surface area contributed by atoms with Crippen molar-refractivity contribution in [3.63, 3.8) is 0 Å². The van der Waals surface area contributed by atoms with Gasteiger partial charge in [0.2, 0.25) is 5.91 Å². The highest BCUT2D eigenvalue weighted by atomic mass is 32.2. The predicted molar refractivity (Wildman–Crippen MR) is 95.6 cm³/mol. The maximum atomic E-state index is 12.6. The molecule has 3 heterocycles. The predicted octanol–water partition coefficient (Wildman–Crippen LogP) is 2.72. The molecule has 2 aromatic rings. The molecule has 25 heavy (non-hydrogen) atoms. The Balaban J connectivity index is 1.28. The lowest BCUT2D eigenvalue weighted by Gasteiger charge is -2.32. The number of piperidine rings is 1. The van der Waals surface area contributed by atoms with Crippen LogP contribution in [0.25, 0.3) is 0 Å². The first-order valence-electron chi connectivity index (χ1n) is 8.57. The van der Waals surface area contributed by atoms with Gasteiger partial charge in [-0.3, -0.25) is 9.59 Å². The number of carbonyl (C=O) groups excluding carboxylic acids is 2. The monoisotopic (exact) mass is 356 g/mol. The number of nitrogens with zero attached hydrogens (tertiary/aromatic N) is 1. The third kappa shape index (κ3) is 3.44. The van der Waals surface area contributed by atoms with Gasteiger partial charge in [-0.1, -0.05) is 18.2 Å². The molecule has 2 amide bonds. The smallest absolute Gasteiger partial charge is 0.257 e. The van der Waals surface area contributed by atoms with Gasteiger partial charge < -0.3 is 14.6 Å². The molecule has 1 saturated heterocycles. The minimum atomic E-state index is -0.0389. The summed E-state index contributed by atoms with van der Waals surface area (Å²) < 4.78 is 4.98. The lowest BCUT2D eigenvalue weighted by atomic mass is 10.0. The zero-order valence-corrected chi connectivity index (χ0v) is 14.6. The molecule has 2 aliphatic heterocycles. The molecule has 0 saturated carbocycles. The number of benzene rings is 1. The molecule has 5 nitrogen and oxygen atoms in total. The van der Waals surface area contributed by atoms with Crippen molar-refractivity contribution >= 4 is 23.6 Å². The molecule has 1 unspecified atom stereocenters. The van der Waals surface area contributed by atoms with Crippen LogP contribution in [0.1, 0.15) is 28.8 Å². The van der Waals surface area contributed by atoms with Crippen LogP contribution in [0, 0.1) is 0 Å². The molecule has 1 fully saturated rings. The first-order chi connectivity index (χ1) is 12.2. The Morgan fingerprint density at radius 2 is 1.96 bits per heavy atom. The normalized spacial score (nSPS) is 20.3. The van der Waals surface area contributed by atoms with Crippen molar-refractivity contribution in [1.82, 2.24) is 10.2 Å². The number of fused-ring (bicyclic) bond motifs is 1. The Kier molecular flexibility index (Phi) is 4.53. The lowest BCUT2D eigenvalue weighted by Crippen LogP contribution is -2.48. The van der Waals surface area contributed by atoms with Crippen LogP contribution in [0.2, 0.25) is 0 Å². The average Bonchev–Trinajstić information content (AvgIpc) is 3.31. The molecular formula is C19H20N2O3S. The maximum Gasteiger partial charge on any atom is 0.257 e. The van der Waals surface area contributed by atoms with Crippen molar-refractivity contribution in [2.75, 3.05) is 13.1 Å². The van der Waals surface area contributed by atoms with Gasteiger partial charge in [0.15, 0.2) is 0 Å². The molecule has 0 spiro atoms. The Morgan fingerprint density at radius 3 is 2.68 bits per heavy atom. The highest BCUT2D eigenvalue weighted by molar-refractivity contribution is 8.01. The second kappa shape index (κ2) is 6.96. The van der Waals surface area contributed by atoms with E-state index in [4.69, 9.17) is 4.42 Å². The summed E-state index contributed by atoms with van der Waals surface area (Å²) in [5.41, 5.74) is 1.84. The number of thioether (sulfide) groups is 1. The van der Waals surface area contributed by atoms with Crippen molar-refractivity contribution in [1.29, 1.82) is 0 Å². The van der Waals surface area contributed by atoms with Crippen molar-refractivity contribution in [2.24, 2.45) is 0 Å². The molecule has 1 aromatic carbocycles. The molecule has 1 atom stereocenters. The van der Waals surface area contributed by atoms with Gasteiger partial charge in [-0.2, -0.15) is 0 Å². The number of likely N-dealkylation sites (tertiary alicyclic amines) is 1. The van der Waals surface area contributed by atoms with Gasteiger partial charge in [-0.15, -0.1) is 11.8 Å². The zero-order chi connectivity index (χ0) is 17.2. The molecule has 2 aliphatic rings. The maximum absolute atomic E-state index is 12.6. The molecule has 6 heteroatoms. The second-order valence-electron chi connectivity index (χ2n) is 6.51. The van der Waals surface area contributed by atoms with Crippen molar-refractivity contribution < 1.29 is 14.0 Å². The third-order valence-corrected chi connectivity index (χ3v) is 6.15. The molecule has 1 N–H and O–H groups in total. The SMILES string of the molecule is O=C(NC1CCN(C(=O)c2ccoc2)CC1)C1Cc2ccccc2S1. The first-order valence-corrected chi connectivity index (χ1v) is 9.45. The first kappa shape index (κ1) is 16.3. The fraction of sp³-hybridized carbons (Fsp3) is 0.368. The summed E-state index contributed by atoms with van der Waals surface area (Å²) >= 11 is 1.65. The van der Waals surface area contributed by atoms with Gasteiger partial charge in [-0.25, -0.2) is 0 Å². The van der Waals surface area contributed by atoms with Crippen LogP contribution in [-0.2, 0) is 11.2 Å². The van der Waals surface area contributed by atoms with Gasteiger partial charge >= 0.3 is 0 Å². The van der Waals surface area contributed by atoms with E-state index in [9.17, 15) is 9.59 Å². The number of amides is 2. The minimum absolute atomic E-state index is 0.000301. The van der Waals surface area contributed by atoms with Crippen molar-refractivity contribution in [3.05, 3.63) is 54.0 Å². The van der Waals surface area contributed by atoms with Gasteiger partial charge in [0, 0.05) is 24.0 Å². The summed E-state index contributed by atoms with van der Waals surface area (Å²) in [4.78, 5) is 27.9. The van der Waals surface area contributed by atoms with Crippen LogP contribution in [0.15, 0.2) is 52.2 Å². The van der Waals surface area contributed by atoms with Crippen molar-refractivity contribution in [2.45, 2.75) is 35.4 Å². The quantitative estimate of drug-likeness (QED) is 0.918. The lowest BCUT2D eigenvalue weighted by molar-refractivity contribution is -0.121. The van der Waals surface area contributed by atoms with Crippen LogP contribution >= 0.6 is 11.8 Å². The largest absolute Gasteiger partial charge is 0.472 e. The van der Waals surface area contributed by atoms with Crippen LogP contribution in [0.5, 0.6) is 0 Å². The molecular weight excluding hydrogens is 336 g/mol. The van der Waals surface area contributed by atoms with E-state index in [-0.39, 0.29) is 23.1 Å². The molecule has 4 rings (SSSR count). The number of furan rings is 1. The molecule has 0 aliphatic carbocycles. The molecule has 130 valence electrons. The second-order valence-corrected chi connectivity index (χ2v) is 7.75. The van der Waals surface area contributed by atoms with E-state index in [1.54, 1.807) is 17.8 Å². The summed E-state index contributed by atoms with van der Waals surface area (Å²) in [6.45, 7) is 1.32. The van der Waals surface area contributed by atoms with E-state index in [0.717, 1.165) is 19.3 Å². The average molecular weight is 356 g/mol. The molecule has 0 radical (unpaired) electrons. The highest BCUT2D eigenvalue weighted by Crippen LogP contribution is 2.36. The van der Waals surface area contributed by atoms with E-state index < -0.39 is 0 Å². The number of hydrogen-bond donors (Lipinski definition) is 1. The van der Waals surface area contributed by atoms with Gasteiger partial charge in [-0.05, 0) is 37.0 Å². The van der Waals surface area contributed by atoms with Gasteiger partial charge in [0.05, 0.1) is 17.1 Å². The summed E-state index contributed by atoms with van der Waals surface area (Å²) in [7, 11) is 0. The van der Waals surface area contributed by atoms with Gasteiger partial charge in [0.25, 0.3) is 5.91 Å². The minimum Gasteiger partial charge on any atom is -0.472 e. The Hall–Kier alpha value is -2.21. The zero-order valence-electron chi connectivity index (χ0n) is 13.8. The van der Waals surface area contributed by atoms with Crippen LogP contribution < -0.4 is 5.32 Å². The van der Waals surface area contributed by atoms with E-state index in [0.29, 0.717) is 18.7 Å². The summed E-state index contributed by atoms with van der Waals surface area (Å²) in [5, 5.41) is 3.13. The van der Waals surface area contributed by atoms with E-state index in [1.165, 1.54) is 23.0 Å². The molecule has 0 bridgehead atoms. The van der Waals surface area contributed by atoms with Crippen LogP contribution in [0.3, 0.4) is 0 Å². The van der Waals surface area contributed by atoms with Crippen LogP contribution in [-0.4, -0.2) is 41.1 Å². The van der Waals surface area contributed by atoms with Crippen LogP contribution in [0.4, 0.5) is 0 Å². The summed E-state index contributed by atoms with van der Waals surface area (Å²) in [6.07, 6.45) is 5.37. The topological polar surface area (TPSA) is 62.6 Å². The highest BCUT2D eigenvalue weighted by Gasteiger charge is 2.31. The fourth-order valence-corrected chi connectivity index (χ4v) is 4.62. The van der Waals surface area contributed by atoms with E-state index in [2.05, 4.69) is 17.4 Å². The van der Waals surface area contributed by atoms with Gasteiger partial charge in [0.1, 0.15) is 6.26 Å². The fourth-order valence-electron chi connectivity index (χ4n) is 3.42. The standard InChI is InChI=1S/C19H20N2O3S/c22-18(17-11-13-3-1-2-4-16(13)25-17)20-15-5-8-21(9-6-15)19(23)14-7-10-24-12-14/h1-4,7,10,12,15,17H,5-6,8-9,11H2,(H,20,22). The summed E-state index contributed by atoms with van der Waals surface area (Å²) in [6, 6.07) is 10.0. The Labute approximate surface area is 150 Å². The number of nitrogens with one attached hydrogen (secondary N) is 1. The van der Waals surface area contributed by atoms with E-state index in [1.807, 2.05) is 17.0 Å². The third-order valence-electron chi connectivity index (χ3n) is 4.84. The molecule has 1 aromatic heterocycles. The number of carbonyl (C=O) groups is 2. The Morgan fingerprint density at radius 1 is 1.16 bits per heavy atom. The number of rotatable bonds is 3.